The molecule has 0 radical (unpaired) electrons. The maximum atomic E-state index is 11.9. The standard InChI is InChI=1S/C12H15N3O4S/c16-9-1-2-10(11(6-9)15(18)19)14-12(17)5-8-7-20-4-3-13-8/h1-2,6,8,13,16H,3-5,7H2,(H,14,17). The average molecular weight is 297 g/mol. The molecule has 8 heteroatoms. The third kappa shape index (κ3) is 3.84. The van der Waals surface area contributed by atoms with Crippen LogP contribution in [-0.4, -0.2) is 40.0 Å². The number of aromatic hydroxyl groups is 1. The quantitative estimate of drug-likeness (QED) is 0.440. The summed E-state index contributed by atoms with van der Waals surface area (Å²) in [7, 11) is 0. The van der Waals surface area contributed by atoms with Gasteiger partial charge in [0.15, 0.2) is 0 Å². The Morgan fingerprint density at radius 2 is 2.40 bits per heavy atom. The molecule has 1 aromatic rings. The van der Waals surface area contributed by atoms with E-state index in [9.17, 15) is 20.0 Å². The smallest absolute Gasteiger partial charge is 0.296 e. The molecule has 1 unspecified atom stereocenters. The van der Waals surface area contributed by atoms with E-state index in [4.69, 9.17) is 0 Å². The van der Waals surface area contributed by atoms with Crippen molar-refractivity contribution in [1.29, 1.82) is 0 Å². The molecule has 0 aliphatic carbocycles. The van der Waals surface area contributed by atoms with E-state index in [2.05, 4.69) is 10.6 Å². The molecular formula is C12H15N3O4S. The first-order valence-corrected chi connectivity index (χ1v) is 7.30. The number of anilines is 1. The van der Waals surface area contributed by atoms with Crippen molar-refractivity contribution in [2.75, 3.05) is 23.4 Å². The Morgan fingerprint density at radius 3 is 3.05 bits per heavy atom. The third-order valence-electron chi connectivity index (χ3n) is 2.88. The number of amides is 1. The highest BCUT2D eigenvalue weighted by molar-refractivity contribution is 7.99. The highest BCUT2D eigenvalue weighted by atomic mass is 32.2. The number of benzene rings is 1. The predicted molar refractivity (Wildman–Crippen MR) is 77.1 cm³/mol. The third-order valence-corrected chi connectivity index (χ3v) is 4.01. The van der Waals surface area contributed by atoms with E-state index in [0.717, 1.165) is 24.1 Å². The van der Waals surface area contributed by atoms with E-state index in [0.29, 0.717) is 0 Å². The zero-order valence-electron chi connectivity index (χ0n) is 10.7. The van der Waals surface area contributed by atoms with Gasteiger partial charge in [-0.3, -0.25) is 14.9 Å². The molecule has 0 aromatic heterocycles. The molecule has 108 valence electrons. The van der Waals surface area contributed by atoms with Crippen molar-refractivity contribution in [1.82, 2.24) is 5.32 Å². The largest absolute Gasteiger partial charge is 0.508 e. The number of nitrogens with zero attached hydrogens (tertiary/aromatic N) is 1. The number of carbonyl (C=O) groups is 1. The maximum Gasteiger partial charge on any atom is 0.296 e. The lowest BCUT2D eigenvalue weighted by Gasteiger charge is -2.22. The lowest BCUT2D eigenvalue weighted by atomic mass is 10.2. The number of hydrogen-bond donors (Lipinski definition) is 3. The number of nitro benzene ring substituents is 1. The van der Waals surface area contributed by atoms with Crippen molar-refractivity contribution in [3.63, 3.8) is 0 Å². The summed E-state index contributed by atoms with van der Waals surface area (Å²) in [6.45, 7) is 0.863. The van der Waals surface area contributed by atoms with Crippen LogP contribution in [0.3, 0.4) is 0 Å². The van der Waals surface area contributed by atoms with Crippen LogP contribution in [0.25, 0.3) is 0 Å². The summed E-state index contributed by atoms with van der Waals surface area (Å²) in [6, 6.07) is 3.74. The number of rotatable bonds is 4. The minimum absolute atomic E-state index is 0.0879. The first kappa shape index (κ1) is 14.6. The van der Waals surface area contributed by atoms with Crippen LogP contribution in [0.4, 0.5) is 11.4 Å². The summed E-state index contributed by atoms with van der Waals surface area (Å²) in [5.41, 5.74) is -0.217. The van der Waals surface area contributed by atoms with Gasteiger partial charge in [-0.25, -0.2) is 0 Å². The highest BCUT2D eigenvalue weighted by Gasteiger charge is 2.20. The first-order valence-electron chi connectivity index (χ1n) is 6.14. The fourth-order valence-corrected chi connectivity index (χ4v) is 2.90. The number of hydrogen-bond acceptors (Lipinski definition) is 6. The molecule has 1 heterocycles. The Labute approximate surface area is 119 Å². The minimum Gasteiger partial charge on any atom is -0.508 e. The van der Waals surface area contributed by atoms with Gasteiger partial charge in [0.25, 0.3) is 5.69 Å². The van der Waals surface area contributed by atoms with Gasteiger partial charge in [0.05, 0.1) is 11.0 Å². The van der Waals surface area contributed by atoms with Crippen LogP contribution in [0, 0.1) is 10.1 Å². The molecule has 7 nitrogen and oxygen atoms in total. The summed E-state index contributed by atoms with van der Waals surface area (Å²) in [5.74, 6) is 1.39. The molecule has 20 heavy (non-hydrogen) atoms. The summed E-state index contributed by atoms with van der Waals surface area (Å²) in [5, 5.41) is 25.9. The van der Waals surface area contributed by atoms with Crippen molar-refractivity contribution in [3.8, 4) is 5.75 Å². The number of carbonyl (C=O) groups excluding carboxylic acids is 1. The number of phenols is 1. The van der Waals surface area contributed by atoms with Crippen LogP contribution in [0.2, 0.25) is 0 Å². The van der Waals surface area contributed by atoms with Crippen molar-refractivity contribution >= 4 is 29.0 Å². The second-order valence-electron chi connectivity index (χ2n) is 4.44. The molecule has 1 aliphatic heterocycles. The Hall–Kier alpha value is -1.80. The lowest BCUT2D eigenvalue weighted by Crippen LogP contribution is -2.39. The Kier molecular flexibility index (Phi) is 4.80. The summed E-state index contributed by atoms with van der Waals surface area (Å²) < 4.78 is 0. The number of nitrogens with one attached hydrogen (secondary N) is 2. The van der Waals surface area contributed by atoms with Gasteiger partial charge in [-0.1, -0.05) is 0 Å². The molecule has 2 rings (SSSR count). The van der Waals surface area contributed by atoms with Crippen LogP contribution < -0.4 is 10.6 Å². The van der Waals surface area contributed by atoms with Crippen LogP contribution in [0.5, 0.6) is 5.75 Å². The molecule has 0 saturated carbocycles. The zero-order chi connectivity index (χ0) is 14.5. The normalized spacial score (nSPS) is 18.5. The molecule has 1 atom stereocenters. The predicted octanol–water partition coefficient (Wildman–Crippen LogP) is 1.33. The summed E-state index contributed by atoms with van der Waals surface area (Å²) >= 11 is 1.78. The lowest BCUT2D eigenvalue weighted by molar-refractivity contribution is -0.384. The van der Waals surface area contributed by atoms with Crippen LogP contribution in [-0.2, 0) is 4.79 Å². The van der Waals surface area contributed by atoms with Gasteiger partial charge >= 0.3 is 0 Å². The van der Waals surface area contributed by atoms with E-state index in [1.54, 1.807) is 11.8 Å². The molecule has 1 fully saturated rings. The van der Waals surface area contributed by atoms with Gasteiger partial charge in [0.2, 0.25) is 5.91 Å². The van der Waals surface area contributed by atoms with Gasteiger partial charge < -0.3 is 15.7 Å². The summed E-state index contributed by atoms with van der Waals surface area (Å²) in [4.78, 5) is 22.1. The van der Waals surface area contributed by atoms with E-state index >= 15 is 0 Å². The van der Waals surface area contributed by atoms with Gasteiger partial charge in [-0.2, -0.15) is 11.8 Å². The first-order chi connectivity index (χ1) is 9.56. The second kappa shape index (κ2) is 6.58. The molecule has 3 N–H and O–H groups in total. The number of nitro groups is 1. The Balaban J connectivity index is 2.01. The molecule has 0 spiro atoms. The van der Waals surface area contributed by atoms with E-state index in [-0.39, 0.29) is 35.5 Å². The van der Waals surface area contributed by atoms with E-state index in [1.807, 2.05) is 0 Å². The van der Waals surface area contributed by atoms with Crippen molar-refractivity contribution in [3.05, 3.63) is 28.3 Å². The Morgan fingerprint density at radius 1 is 1.60 bits per heavy atom. The minimum atomic E-state index is -0.635. The monoisotopic (exact) mass is 297 g/mol. The number of thioether (sulfide) groups is 1. The Bertz CT molecular complexity index is 517. The SMILES string of the molecule is O=C(CC1CSCCN1)Nc1ccc(O)cc1[N+](=O)[O-]. The van der Waals surface area contributed by atoms with Crippen molar-refractivity contribution in [2.45, 2.75) is 12.5 Å². The highest BCUT2D eigenvalue weighted by Crippen LogP contribution is 2.28. The maximum absolute atomic E-state index is 11.9. The van der Waals surface area contributed by atoms with Gasteiger partial charge in [0.1, 0.15) is 11.4 Å². The summed E-state index contributed by atoms with van der Waals surface area (Å²) in [6.07, 6.45) is 0.269. The fraction of sp³-hybridized carbons (Fsp3) is 0.417. The van der Waals surface area contributed by atoms with Gasteiger partial charge in [-0.15, -0.1) is 0 Å². The van der Waals surface area contributed by atoms with Crippen LogP contribution in [0.1, 0.15) is 6.42 Å². The molecular weight excluding hydrogens is 282 g/mol. The van der Waals surface area contributed by atoms with Crippen molar-refractivity contribution < 1.29 is 14.8 Å². The molecule has 1 aromatic carbocycles. The molecule has 1 aliphatic rings. The topological polar surface area (TPSA) is 104 Å². The van der Waals surface area contributed by atoms with E-state index in [1.165, 1.54) is 12.1 Å². The molecule has 1 saturated heterocycles. The second-order valence-corrected chi connectivity index (χ2v) is 5.59. The van der Waals surface area contributed by atoms with Crippen LogP contribution in [0.15, 0.2) is 18.2 Å². The number of phenolic OH excluding ortho intramolecular Hbond substituents is 1. The zero-order valence-corrected chi connectivity index (χ0v) is 11.5. The van der Waals surface area contributed by atoms with Gasteiger partial charge in [-0.05, 0) is 12.1 Å². The molecule has 0 bridgehead atoms. The van der Waals surface area contributed by atoms with Crippen molar-refractivity contribution in [2.24, 2.45) is 0 Å². The fourth-order valence-electron chi connectivity index (χ4n) is 1.95. The van der Waals surface area contributed by atoms with Gasteiger partial charge in [0, 0.05) is 30.5 Å². The average Bonchev–Trinajstić information content (AvgIpc) is 2.41. The molecule has 1 amide bonds. The van der Waals surface area contributed by atoms with E-state index < -0.39 is 4.92 Å². The van der Waals surface area contributed by atoms with Crippen LogP contribution >= 0.6 is 11.8 Å².